The predicted molar refractivity (Wildman–Crippen MR) is 111 cm³/mol. The highest BCUT2D eigenvalue weighted by Crippen LogP contribution is 2.19. The van der Waals surface area contributed by atoms with Gasteiger partial charge in [0, 0.05) is 39.6 Å². The topological polar surface area (TPSA) is 48.5 Å². The van der Waals surface area contributed by atoms with E-state index in [0.29, 0.717) is 18.9 Å². The predicted octanol–water partition coefficient (Wildman–Crippen LogP) is 3.71. The van der Waals surface area contributed by atoms with Gasteiger partial charge in [-0.1, -0.05) is 12.1 Å². The van der Waals surface area contributed by atoms with Gasteiger partial charge in [-0.05, 0) is 55.5 Å². The molecule has 6 heteroatoms. The second-order valence-electron chi connectivity index (χ2n) is 7.58. The molecule has 150 valence electrons. The van der Waals surface area contributed by atoms with E-state index in [9.17, 15) is 9.18 Å². The minimum atomic E-state index is -0.243. The number of hydrogen-bond acceptors (Lipinski definition) is 4. The summed E-state index contributed by atoms with van der Waals surface area (Å²) in [6.07, 6.45) is 5.95. The normalized spacial score (nSPS) is 17.1. The molecule has 2 heterocycles. The molecular formula is C22H29FN4O. The first kappa shape index (κ1) is 20.1. The molecule has 1 amide bonds. The lowest BCUT2D eigenvalue weighted by Gasteiger charge is -2.21. The summed E-state index contributed by atoms with van der Waals surface area (Å²) in [6.45, 7) is 1.57. The van der Waals surface area contributed by atoms with E-state index in [4.69, 9.17) is 0 Å². The smallest absolute Gasteiger partial charge is 0.222 e. The lowest BCUT2D eigenvalue weighted by molar-refractivity contribution is -0.131. The average molecular weight is 384 g/mol. The molecule has 28 heavy (non-hydrogen) atoms. The fourth-order valence-electron chi connectivity index (χ4n) is 3.52. The maximum absolute atomic E-state index is 13.0. The Balaban J connectivity index is 1.47. The van der Waals surface area contributed by atoms with Crippen LogP contribution in [0, 0.1) is 5.82 Å². The van der Waals surface area contributed by atoms with E-state index < -0.39 is 0 Å². The number of amides is 1. The van der Waals surface area contributed by atoms with Gasteiger partial charge in [0.2, 0.25) is 5.91 Å². The third-order valence-electron chi connectivity index (χ3n) is 5.20. The van der Waals surface area contributed by atoms with Crippen molar-refractivity contribution in [2.75, 3.05) is 37.4 Å². The Morgan fingerprint density at radius 3 is 2.64 bits per heavy atom. The summed E-state index contributed by atoms with van der Waals surface area (Å²) >= 11 is 0. The third-order valence-corrected chi connectivity index (χ3v) is 5.20. The molecule has 3 rings (SSSR count). The van der Waals surface area contributed by atoms with Gasteiger partial charge in [0.05, 0.1) is 11.9 Å². The van der Waals surface area contributed by atoms with Crippen LogP contribution in [0.3, 0.4) is 0 Å². The molecule has 1 N–H and O–H groups in total. The number of likely N-dealkylation sites (tertiary alicyclic amines) is 1. The average Bonchev–Trinajstić information content (AvgIpc) is 2.93. The molecular weight excluding hydrogens is 355 g/mol. The zero-order valence-corrected chi connectivity index (χ0v) is 16.7. The number of pyridine rings is 1. The molecule has 1 aromatic carbocycles. The Bertz CT molecular complexity index is 761. The molecule has 0 unspecified atom stereocenters. The van der Waals surface area contributed by atoms with Gasteiger partial charge < -0.3 is 15.1 Å². The first-order valence-corrected chi connectivity index (χ1v) is 9.93. The van der Waals surface area contributed by atoms with Crippen LogP contribution < -0.4 is 10.2 Å². The molecule has 1 fully saturated rings. The second kappa shape index (κ2) is 9.53. The summed E-state index contributed by atoms with van der Waals surface area (Å²) in [5.41, 5.74) is 2.02. The molecule has 5 nitrogen and oxygen atoms in total. The molecule has 0 bridgehead atoms. The van der Waals surface area contributed by atoms with Crippen LogP contribution in [0.25, 0.3) is 0 Å². The van der Waals surface area contributed by atoms with Crippen molar-refractivity contribution in [2.24, 2.45) is 0 Å². The van der Waals surface area contributed by atoms with Crippen molar-refractivity contribution in [2.45, 2.75) is 38.1 Å². The van der Waals surface area contributed by atoms with Crippen LogP contribution in [0.1, 0.15) is 31.2 Å². The molecule has 0 aliphatic carbocycles. The Labute approximate surface area is 166 Å². The largest absolute Gasteiger partial charge is 0.381 e. The highest BCUT2D eigenvalue weighted by atomic mass is 19.1. The van der Waals surface area contributed by atoms with Crippen LogP contribution in [0.2, 0.25) is 0 Å². The lowest BCUT2D eigenvalue weighted by Crippen LogP contribution is -2.32. The summed E-state index contributed by atoms with van der Waals surface area (Å²) in [7, 11) is 3.95. The SMILES string of the molecule is CN(C)c1ccc(N[C@@H]2CCCN(C(=O)CCc3ccc(F)cc3)CC2)cn1. The monoisotopic (exact) mass is 384 g/mol. The Hall–Kier alpha value is -2.63. The fourth-order valence-corrected chi connectivity index (χ4v) is 3.52. The number of nitrogens with zero attached hydrogens (tertiary/aromatic N) is 3. The Morgan fingerprint density at radius 1 is 1.18 bits per heavy atom. The highest BCUT2D eigenvalue weighted by Gasteiger charge is 2.20. The number of anilines is 2. The van der Waals surface area contributed by atoms with E-state index >= 15 is 0 Å². The van der Waals surface area contributed by atoms with Gasteiger partial charge in [-0.25, -0.2) is 9.37 Å². The molecule has 1 aliphatic rings. The molecule has 1 aromatic heterocycles. The van der Waals surface area contributed by atoms with Crippen molar-refractivity contribution in [3.05, 3.63) is 54.0 Å². The number of halogens is 1. The minimum absolute atomic E-state index is 0.182. The van der Waals surface area contributed by atoms with Gasteiger partial charge in [-0.15, -0.1) is 0 Å². The number of benzene rings is 1. The zero-order valence-electron chi connectivity index (χ0n) is 16.7. The first-order chi connectivity index (χ1) is 13.5. The van der Waals surface area contributed by atoms with E-state index in [1.807, 2.05) is 36.2 Å². The van der Waals surface area contributed by atoms with Crippen molar-refractivity contribution in [1.29, 1.82) is 0 Å². The zero-order chi connectivity index (χ0) is 19.9. The molecule has 0 saturated carbocycles. The quantitative estimate of drug-likeness (QED) is 0.825. The number of aromatic nitrogens is 1. The van der Waals surface area contributed by atoms with Crippen LogP contribution in [-0.2, 0) is 11.2 Å². The standard InChI is InChI=1S/C22H29FN4O/c1-26(2)21-11-10-20(16-24-21)25-19-4-3-14-27(15-13-19)22(28)12-7-17-5-8-18(23)9-6-17/h5-6,8-11,16,19,25H,3-4,7,12-15H2,1-2H3/t19-/m1/s1. The van der Waals surface area contributed by atoms with Gasteiger partial charge in [0.25, 0.3) is 0 Å². The van der Waals surface area contributed by atoms with E-state index in [1.54, 1.807) is 12.1 Å². The van der Waals surface area contributed by atoms with E-state index in [1.165, 1.54) is 12.1 Å². The number of nitrogens with one attached hydrogen (secondary N) is 1. The van der Waals surface area contributed by atoms with Gasteiger partial charge in [0.1, 0.15) is 11.6 Å². The number of carbonyl (C=O) groups is 1. The van der Waals surface area contributed by atoms with Gasteiger partial charge in [-0.2, -0.15) is 0 Å². The van der Waals surface area contributed by atoms with Crippen LogP contribution in [0.4, 0.5) is 15.9 Å². The highest BCUT2D eigenvalue weighted by molar-refractivity contribution is 5.76. The van der Waals surface area contributed by atoms with Crippen LogP contribution in [-0.4, -0.2) is 49.0 Å². The molecule has 2 aromatic rings. The Morgan fingerprint density at radius 2 is 1.96 bits per heavy atom. The summed E-state index contributed by atoms with van der Waals surface area (Å²) in [6, 6.07) is 10.8. The fraction of sp³-hybridized carbons (Fsp3) is 0.455. The number of hydrogen-bond donors (Lipinski definition) is 1. The number of aryl methyl sites for hydroxylation is 1. The van der Waals surface area contributed by atoms with E-state index in [2.05, 4.69) is 16.4 Å². The maximum Gasteiger partial charge on any atom is 0.222 e. The third kappa shape index (κ3) is 5.68. The van der Waals surface area contributed by atoms with Gasteiger partial charge in [0.15, 0.2) is 0 Å². The van der Waals surface area contributed by atoms with Crippen LogP contribution >= 0.6 is 0 Å². The minimum Gasteiger partial charge on any atom is -0.381 e. The summed E-state index contributed by atoms with van der Waals surface area (Å²) in [5.74, 6) is 0.874. The second-order valence-corrected chi connectivity index (χ2v) is 7.58. The molecule has 1 saturated heterocycles. The lowest BCUT2D eigenvalue weighted by atomic mass is 10.1. The van der Waals surface area contributed by atoms with Crippen molar-refractivity contribution in [3.8, 4) is 0 Å². The molecule has 1 atom stereocenters. The van der Waals surface area contributed by atoms with E-state index in [0.717, 1.165) is 49.4 Å². The van der Waals surface area contributed by atoms with Crippen LogP contribution in [0.15, 0.2) is 42.6 Å². The number of rotatable bonds is 6. The van der Waals surface area contributed by atoms with Gasteiger partial charge in [-0.3, -0.25) is 4.79 Å². The summed E-state index contributed by atoms with van der Waals surface area (Å²) < 4.78 is 13.0. The Kier molecular flexibility index (Phi) is 6.85. The first-order valence-electron chi connectivity index (χ1n) is 9.93. The van der Waals surface area contributed by atoms with Crippen molar-refractivity contribution >= 4 is 17.4 Å². The molecule has 0 radical (unpaired) electrons. The van der Waals surface area contributed by atoms with Crippen molar-refractivity contribution in [3.63, 3.8) is 0 Å². The molecule has 0 spiro atoms. The molecule has 1 aliphatic heterocycles. The maximum atomic E-state index is 13.0. The summed E-state index contributed by atoms with van der Waals surface area (Å²) in [4.78, 5) is 21.0. The van der Waals surface area contributed by atoms with Crippen LogP contribution in [0.5, 0.6) is 0 Å². The van der Waals surface area contributed by atoms with Crippen molar-refractivity contribution in [1.82, 2.24) is 9.88 Å². The number of carbonyl (C=O) groups excluding carboxylic acids is 1. The summed E-state index contributed by atoms with van der Waals surface area (Å²) in [5, 5.41) is 3.56. The van der Waals surface area contributed by atoms with Gasteiger partial charge >= 0.3 is 0 Å². The van der Waals surface area contributed by atoms with E-state index in [-0.39, 0.29) is 11.7 Å². The van der Waals surface area contributed by atoms with Crippen molar-refractivity contribution < 1.29 is 9.18 Å².